The second kappa shape index (κ2) is 6.17. The quantitative estimate of drug-likeness (QED) is 0.911. The van der Waals surface area contributed by atoms with E-state index in [1.165, 1.54) is 6.07 Å². The van der Waals surface area contributed by atoms with Crippen LogP contribution in [-0.2, 0) is 4.79 Å². The van der Waals surface area contributed by atoms with Crippen molar-refractivity contribution < 1.29 is 13.9 Å². The molecule has 4 heteroatoms. The average Bonchev–Trinajstić information content (AvgIpc) is 3.36. The zero-order valence-electron chi connectivity index (χ0n) is 14.5. The molecule has 25 heavy (non-hydrogen) atoms. The Morgan fingerprint density at radius 2 is 2.00 bits per heavy atom. The van der Waals surface area contributed by atoms with Crippen LogP contribution in [0.4, 0.5) is 4.39 Å². The van der Waals surface area contributed by atoms with Crippen LogP contribution in [0.15, 0.2) is 36.4 Å². The van der Waals surface area contributed by atoms with Crippen molar-refractivity contribution in [2.24, 2.45) is 5.92 Å². The molecule has 0 bridgehead atoms. The fourth-order valence-electron chi connectivity index (χ4n) is 3.91. The van der Waals surface area contributed by atoms with Crippen molar-refractivity contribution in [3.8, 4) is 5.75 Å². The molecule has 1 fully saturated rings. The minimum absolute atomic E-state index is 0.000225. The van der Waals surface area contributed by atoms with Gasteiger partial charge in [-0.15, -0.1) is 0 Å². The first-order chi connectivity index (χ1) is 12.0. The van der Waals surface area contributed by atoms with Gasteiger partial charge in [-0.2, -0.15) is 0 Å². The molecule has 1 aliphatic heterocycles. The lowest BCUT2D eigenvalue weighted by molar-refractivity contribution is -0.123. The van der Waals surface area contributed by atoms with Crippen LogP contribution >= 0.6 is 0 Å². The van der Waals surface area contributed by atoms with Crippen LogP contribution in [0, 0.1) is 25.6 Å². The smallest absolute Gasteiger partial charge is 0.224 e. The summed E-state index contributed by atoms with van der Waals surface area (Å²) in [7, 11) is 0. The standard InChI is InChI=1S/C21H22FNO2/c1-12-9-13(2)20-17(10-12)19(7-8-25-20)23-21(24)16-11-15(16)14-5-3-4-6-18(14)22/h3-6,9-10,15-16,19H,7-8,11H2,1-2H3,(H,23,24). The van der Waals surface area contributed by atoms with Gasteiger partial charge in [0.05, 0.1) is 12.6 Å². The number of hydrogen-bond donors (Lipinski definition) is 1. The molecule has 4 rings (SSSR count). The Morgan fingerprint density at radius 1 is 1.20 bits per heavy atom. The van der Waals surface area contributed by atoms with Crippen molar-refractivity contribution in [1.29, 1.82) is 0 Å². The second-order valence-electron chi connectivity index (χ2n) is 7.17. The highest BCUT2D eigenvalue weighted by Gasteiger charge is 2.45. The molecule has 1 saturated carbocycles. The molecule has 0 spiro atoms. The number of benzene rings is 2. The van der Waals surface area contributed by atoms with E-state index in [0.29, 0.717) is 12.2 Å². The predicted molar refractivity (Wildman–Crippen MR) is 94.2 cm³/mol. The minimum Gasteiger partial charge on any atom is -0.493 e. The molecular formula is C21H22FNO2. The lowest BCUT2D eigenvalue weighted by Gasteiger charge is -2.28. The van der Waals surface area contributed by atoms with Gasteiger partial charge in [0.1, 0.15) is 11.6 Å². The number of halogens is 1. The third-order valence-electron chi connectivity index (χ3n) is 5.22. The van der Waals surface area contributed by atoms with Crippen molar-refractivity contribution >= 4 is 5.91 Å². The lowest BCUT2D eigenvalue weighted by atomic mass is 9.95. The first-order valence-corrected chi connectivity index (χ1v) is 8.83. The number of carbonyl (C=O) groups is 1. The summed E-state index contributed by atoms with van der Waals surface area (Å²) in [6.07, 6.45) is 1.48. The van der Waals surface area contributed by atoms with Crippen molar-refractivity contribution in [3.63, 3.8) is 0 Å². The number of aryl methyl sites for hydroxylation is 2. The molecule has 3 nitrogen and oxygen atoms in total. The molecule has 3 atom stereocenters. The van der Waals surface area contributed by atoms with Crippen molar-refractivity contribution in [1.82, 2.24) is 5.32 Å². The highest BCUT2D eigenvalue weighted by Crippen LogP contribution is 2.49. The predicted octanol–water partition coefficient (Wildman–Crippen LogP) is 4.19. The Kier molecular flexibility index (Phi) is 3.98. The first-order valence-electron chi connectivity index (χ1n) is 8.83. The molecule has 0 radical (unpaired) electrons. The van der Waals surface area contributed by atoms with E-state index in [4.69, 9.17) is 4.74 Å². The molecule has 2 aromatic carbocycles. The van der Waals surface area contributed by atoms with E-state index in [9.17, 15) is 9.18 Å². The largest absolute Gasteiger partial charge is 0.493 e. The van der Waals surface area contributed by atoms with Gasteiger partial charge in [-0.1, -0.05) is 35.9 Å². The SMILES string of the molecule is Cc1cc(C)c2c(c1)C(NC(=O)C1CC1c1ccccc1F)CCO2. The highest BCUT2D eigenvalue weighted by atomic mass is 19.1. The van der Waals surface area contributed by atoms with Gasteiger partial charge in [0.2, 0.25) is 5.91 Å². The van der Waals surface area contributed by atoms with Gasteiger partial charge in [-0.25, -0.2) is 4.39 Å². The summed E-state index contributed by atoms with van der Waals surface area (Å²) >= 11 is 0. The molecule has 1 heterocycles. The van der Waals surface area contributed by atoms with Gasteiger partial charge in [0.25, 0.3) is 0 Å². The van der Waals surface area contributed by atoms with Crippen molar-refractivity contribution in [2.45, 2.75) is 38.6 Å². The fourth-order valence-corrected chi connectivity index (χ4v) is 3.91. The Morgan fingerprint density at radius 3 is 2.80 bits per heavy atom. The number of hydrogen-bond acceptors (Lipinski definition) is 2. The Hall–Kier alpha value is -2.36. The molecule has 1 N–H and O–H groups in total. The Balaban J connectivity index is 1.50. The summed E-state index contributed by atoms with van der Waals surface area (Å²) in [5.74, 6) is 0.563. The monoisotopic (exact) mass is 339 g/mol. The highest BCUT2D eigenvalue weighted by molar-refractivity contribution is 5.83. The third-order valence-corrected chi connectivity index (χ3v) is 5.22. The van der Waals surface area contributed by atoms with Gasteiger partial charge < -0.3 is 10.1 Å². The molecule has 0 aromatic heterocycles. The number of ether oxygens (including phenoxy) is 1. The van der Waals surface area contributed by atoms with E-state index in [1.54, 1.807) is 12.1 Å². The van der Waals surface area contributed by atoms with E-state index < -0.39 is 0 Å². The zero-order chi connectivity index (χ0) is 17.6. The number of rotatable bonds is 3. The van der Waals surface area contributed by atoms with Crippen LogP contribution in [0.3, 0.4) is 0 Å². The molecule has 2 aromatic rings. The first kappa shape index (κ1) is 16.1. The summed E-state index contributed by atoms with van der Waals surface area (Å²) in [6.45, 7) is 4.68. The molecular weight excluding hydrogens is 317 g/mol. The van der Waals surface area contributed by atoms with Crippen LogP contribution in [0.1, 0.15) is 47.1 Å². The van der Waals surface area contributed by atoms with Crippen LogP contribution in [0.2, 0.25) is 0 Å². The number of nitrogens with one attached hydrogen (secondary N) is 1. The normalized spacial score (nSPS) is 24.2. The molecule has 1 amide bonds. The maximum Gasteiger partial charge on any atom is 0.224 e. The minimum atomic E-state index is -0.217. The summed E-state index contributed by atoms with van der Waals surface area (Å²) in [4.78, 5) is 12.7. The van der Waals surface area contributed by atoms with E-state index in [-0.39, 0.29) is 29.6 Å². The lowest BCUT2D eigenvalue weighted by Crippen LogP contribution is -2.33. The maximum atomic E-state index is 13.9. The number of amides is 1. The van der Waals surface area contributed by atoms with E-state index >= 15 is 0 Å². The third kappa shape index (κ3) is 3.01. The second-order valence-corrected chi connectivity index (χ2v) is 7.17. The van der Waals surface area contributed by atoms with Crippen molar-refractivity contribution in [2.75, 3.05) is 6.61 Å². The van der Waals surface area contributed by atoms with Crippen molar-refractivity contribution in [3.05, 3.63) is 64.5 Å². The van der Waals surface area contributed by atoms with Gasteiger partial charge in [0, 0.05) is 17.9 Å². The molecule has 2 aliphatic rings. The molecule has 3 unspecified atom stereocenters. The van der Waals surface area contributed by atoms with Gasteiger partial charge in [-0.05, 0) is 43.4 Å². The summed E-state index contributed by atoms with van der Waals surface area (Å²) < 4.78 is 19.7. The summed E-state index contributed by atoms with van der Waals surface area (Å²) in [6, 6.07) is 10.9. The number of carbonyl (C=O) groups excluding carboxylic acids is 1. The Labute approximate surface area is 147 Å². The summed E-state index contributed by atoms with van der Waals surface area (Å²) in [5, 5.41) is 3.17. The van der Waals surface area contributed by atoms with E-state index in [2.05, 4.69) is 24.4 Å². The van der Waals surface area contributed by atoms with E-state index in [0.717, 1.165) is 35.3 Å². The van der Waals surface area contributed by atoms with Crippen LogP contribution < -0.4 is 10.1 Å². The summed E-state index contributed by atoms with van der Waals surface area (Å²) in [5.41, 5.74) is 3.98. The molecule has 1 aliphatic carbocycles. The van der Waals surface area contributed by atoms with Gasteiger partial charge in [0.15, 0.2) is 0 Å². The van der Waals surface area contributed by atoms with E-state index in [1.807, 2.05) is 13.0 Å². The van der Waals surface area contributed by atoms with Crippen LogP contribution in [0.5, 0.6) is 5.75 Å². The van der Waals surface area contributed by atoms with Crippen LogP contribution in [-0.4, -0.2) is 12.5 Å². The number of fused-ring (bicyclic) bond motifs is 1. The maximum absolute atomic E-state index is 13.9. The average molecular weight is 339 g/mol. The Bertz CT molecular complexity index is 833. The fraction of sp³-hybridized carbons (Fsp3) is 0.381. The van der Waals surface area contributed by atoms with Gasteiger partial charge >= 0.3 is 0 Å². The molecule has 0 saturated heterocycles. The van der Waals surface area contributed by atoms with Crippen LogP contribution in [0.25, 0.3) is 0 Å². The topological polar surface area (TPSA) is 38.3 Å². The molecule has 130 valence electrons. The zero-order valence-corrected chi connectivity index (χ0v) is 14.5. The van der Waals surface area contributed by atoms with Gasteiger partial charge in [-0.3, -0.25) is 4.79 Å².